The summed E-state index contributed by atoms with van der Waals surface area (Å²) < 4.78 is 0. The number of benzene rings is 1. The fourth-order valence-corrected chi connectivity index (χ4v) is 1.98. The van der Waals surface area contributed by atoms with Crippen molar-refractivity contribution in [3.05, 3.63) is 35.4 Å². The highest BCUT2D eigenvalue weighted by molar-refractivity contribution is 5.96. The maximum atomic E-state index is 11.6. The first-order chi connectivity index (χ1) is 8.56. The van der Waals surface area contributed by atoms with Crippen molar-refractivity contribution in [2.45, 2.75) is 32.7 Å². The van der Waals surface area contributed by atoms with Crippen molar-refractivity contribution < 1.29 is 9.59 Å². The van der Waals surface area contributed by atoms with Gasteiger partial charge >= 0.3 is 6.03 Å². The van der Waals surface area contributed by atoms with Crippen LogP contribution < -0.4 is 5.32 Å². The van der Waals surface area contributed by atoms with Gasteiger partial charge in [0, 0.05) is 19.5 Å². The fourth-order valence-electron chi connectivity index (χ4n) is 1.98. The molecule has 1 aromatic rings. The van der Waals surface area contributed by atoms with E-state index >= 15 is 0 Å². The average Bonchev–Trinajstić information content (AvgIpc) is 2.33. The van der Waals surface area contributed by atoms with Crippen LogP contribution in [0.4, 0.5) is 4.79 Å². The molecule has 18 heavy (non-hydrogen) atoms. The number of carbonyl (C=O) groups is 2. The molecule has 1 fully saturated rings. The second-order valence-corrected chi connectivity index (χ2v) is 4.92. The number of urea groups is 1. The zero-order chi connectivity index (χ0) is 13.1. The van der Waals surface area contributed by atoms with Gasteiger partial charge < -0.3 is 4.90 Å². The van der Waals surface area contributed by atoms with E-state index in [0.29, 0.717) is 25.4 Å². The van der Waals surface area contributed by atoms with E-state index in [4.69, 9.17) is 0 Å². The number of hydrogen-bond donors (Lipinski definition) is 1. The molecule has 0 aromatic heterocycles. The van der Waals surface area contributed by atoms with Crippen molar-refractivity contribution in [1.82, 2.24) is 10.2 Å². The Kier molecular flexibility index (Phi) is 3.65. The number of hydrogen-bond acceptors (Lipinski definition) is 2. The molecule has 0 bridgehead atoms. The van der Waals surface area contributed by atoms with Crippen LogP contribution >= 0.6 is 0 Å². The summed E-state index contributed by atoms with van der Waals surface area (Å²) in [6, 6.07) is 7.97. The molecular formula is C14H18N2O2. The van der Waals surface area contributed by atoms with Crippen LogP contribution in [0.5, 0.6) is 0 Å². The number of imide groups is 1. The zero-order valence-corrected chi connectivity index (χ0v) is 10.8. The SMILES string of the molecule is CC(C)c1ccc(CN2CCC(=O)NC2=O)cc1. The third-order valence-electron chi connectivity index (χ3n) is 3.16. The summed E-state index contributed by atoms with van der Waals surface area (Å²) in [6.45, 7) is 5.35. The molecule has 1 N–H and O–H groups in total. The van der Waals surface area contributed by atoms with Crippen LogP contribution in [0.2, 0.25) is 0 Å². The van der Waals surface area contributed by atoms with Crippen molar-refractivity contribution in [3.63, 3.8) is 0 Å². The van der Waals surface area contributed by atoms with Gasteiger partial charge in [-0.3, -0.25) is 10.1 Å². The lowest BCUT2D eigenvalue weighted by Gasteiger charge is -2.26. The molecule has 2 rings (SSSR count). The summed E-state index contributed by atoms with van der Waals surface area (Å²) in [4.78, 5) is 24.3. The van der Waals surface area contributed by atoms with Gasteiger partial charge in [-0.1, -0.05) is 38.1 Å². The van der Waals surface area contributed by atoms with Gasteiger partial charge in [0.15, 0.2) is 0 Å². The van der Waals surface area contributed by atoms with Gasteiger partial charge in [0.05, 0.1) is 0 Å². The monoisotopic (exact) mass is 246 g/mol. The topological polar surface area (TPSA) is 49.4 Å². The van der Waals surface area contributed by atoms with E-state index in [0.717, 1.165) is 5.56 Å². The predicted octanol–water partition coefficient (Wildman–Crippen LogP) is 2.25. The molecule has 0 unspecified atom stereocenters. The van der Waals surface area contributed by atoms with Crippen LogP contribution in [0.25, 0.3) is 0 Å². The Balaban J connectivity index is 2.01. The number of rotatable bonds is 3. The van der Waals surface area contributed by atoms with Gasteiger partial charge in [0.2, 0.25) is 5.91 Å². The van der Waals surface area contributed by atoms with E-state index in [1.54, 1.807) is 4.90 Å². The Morgan fingerprint density at radius 3 is 2.44 bits per heavy atom. The average molecular weight is 246 g/mol. The molecule has 1 aliphatic heterocycles. The van der Waals surface area contributed by atoms with Crippen LogP contribution in [-0.4, -0.2) is 23.4 Å². The minimum absolute atomic E-state index is 0.189. The van der Waals surface area contributed by atoms with E-state index in [1.807, 2.05) is 12.1 Å². The van der Waals surface area contributed by atoms with Gasteiger partial charge in [-0.15, -0.1) is 0 Å². The van der Waals surface area contributed by atoms with Crippen LogP contribution in [0.15, 0.2) is 24.3 Å². The summed E-state index contributed by atoms with van der Waals surface area (Å²) in [6.07, 6.45) is 0.385. The maximum Gasteiger partial charge on any atom is 0.324 e. The largest absolute Gasteiger partial charge is 0.324 e. The third kappa shape index (κ3) is 2.88. The second kappa shape index (κ2) is 5.21. The quantitative estimate of drug-likeness (QED) is 0.889. The smallest absolute Gasteiger partial charge is 0.320 e. The summed E-state index contributed by atoms with van der Waals surface area (Å²) in [7, 11) is 0. The zero-order valence-electron chi connectivity index (χ0n) is 10.8. The number of nitrogens with zero attached hydrogens (tertiary/aromatic N) is 1. The van der Waals surface area contributed by atoms with Crippen molar-refractivity contribution in [1.29, 1.82) is 0 Å². The van der Waals surface area contributed by atoms with Gasteiger partial charge in [-0.05, 0) is 17.0 Å². The Labute approximate surface area is 107 Å². The first kappa shape index (κ1) is 12.6. The van der Waals surface area contributed by atoms with Crippen LogP contribution in [0.3, 0.4) is 0 Å². The molecule has 4 nitrogen and oxygen atoms in total. The molecule has 1 aliphatic rings. The third-order valence-corrected chi connectivity index (χ3v) is 3.16. The van der Waals surface area contributed by atoms with E-state index in [2.05, 4.69) is 31.3 Å². The van der Waals surface area contributed by atoms with E-state index in [9.17, 15) is 9.59 Å². The highest BCUT2D eigenvalue weighted by Gasteiger charge is 2.22. The fraction of sp³-hybridized carbons (Fsp3) is 0.429. The first-order valence-electron chi connectivity index (χ1n) is 6.24. The van der Waals surface area contributed by atoms with Crippen molar-refractivity contribution in [2.24, 2.45) is 0 Å². The molecule has 0 spiro atoms. The maximum absolute atomic E-state index is 11.6. The number of amides is 3. The highest BCUT2D eigenvalue weighted by Crippen LogP contribution is 2.16. The van der Waals surface area contributed by atoms with E-state index in [1.165, 1.54) is 5.56 Å². The molecular weight excluding hydrogens is 228 g/mol. The van der Waals surface area contributed by atoms with Crippen molar-refractivity contribution in [3.8, 4) is 0 Å². The van der Waals surface area contributed by atoms with Gasteiger partial charge in [-0.25, -0.2) is 4.79 Å². The molecule has 0 aliphatic carbocycles. The lowest BCUT2D eigenvalue weighted by atomic mass is 10.0. The molecule has 3 amide bonds. The summed E-state index contributed by atoms with van der Waals surface area (Å²) in [5, 5.41) is 2.33. The van der Waals surface area contributed by atoms with Gasteiger partial charge in [0.1, 0.15) is 0 Å². The minimum Gasteiger partial charge on any atom is -0.320 e. The Bertz CT molecular complexity index is 451. The standard InChI is InChI=1S/C14H18N2O2/c1-10(2)12-5-3-11(4-6-12)9-16-8-7-13(17)15-14(16)18/h3-6,10H,7-9H2,1-2H3,(H,15,17,18). The summed E-state index contributed by atoms with van der Waals surface area (Å²) in [5.41, 5.74) is 2.38. The molecule has 1 heterocycles. The van der Waals surface area contributed by atoms with Crippen LogP contribution in [-0.2, 0) is 11.3 Å². The minimum atomic E-state index is -0.292. The predicted molar refractivity (Wildman–Crippen MR) is 69.1 cm³/mol. The number of nitrogens with one attached hydrogen (secondary N) is 1. The van der Waals surface area contributed by atoms with Gasteiger partial charge in [-0.2, -0.15) is 0 Å². The summed E-state index contributed by atoms with van der Waals surface area (Å²) in [5.74, 6) is 0.321. The van der Waals surface area contributed by atoms with Crippen LogP contribution in [0, 0.1) is 0 Å². The van der Waals surface area contributed by atoms with Crippen molar-refractivity contribution >= 4 is 11.9 Å². The van der Waals surface area contributed by atoms with Crippen LogP contribution in [0.1, 0.15) is 37.3 Å². The molecule has 1 saturated heterocycles. The normalized spacial score (nSPS) is 16.1. The summed E-state index contributed by atoms with van der Waals surface area (Å²) >= 11 is 0. The Morgan fingerprint density at radius 1 is 1.22 bits per heavy atom. The highest BCUT2D eigenvalue weighted by atomic mass is 16.2. The molecule has 0 radical (unpaired) electrons. The second-order valence-electron chi connectivity index (χ2n) is 4.92. The molecule has 96 valence electrons. The van der Waals surface area contributed by atoms with Crippen molar-refractivity contribution in [2.75, 3.05) is 6.54 Å². The van der Waals surface area contributed by atoms with Gasteiger partial charge in [0.25, 0.3) is 0 Å². The molecule has 1 aromatic carbocycles. The Morgan fingerprint density at radius 2 is 1.89 bits per heavy atom. The molecule has 0 saturated carbocycles. The number of carbonyl (C=O) groups excluding carboxylic acids is 2. The van der Waals surface area contributed by atoms with E-state index < -0.39 is 0 Å². The van der Waals surface area contributed by atoms with E-state index in [-0.39, 0.29) is 11.9 Å². The Hall–Kier alpha value is -1.84. The lowest BCUT2D eigenvalue weighted by Crippen LogP contribution is -2.48. The molecule has 0 atom stereocenters. The lowest BCUT2D eigenvalue weighted by molar-refractivity contribution is -0.121. The first-order valence-corrected chi connectivity index (χ1v) is 6.24. The molecule has 4 heteroatoms.